The van der Waals surface area contributed by atoms with Crippen LogP contribution in [-0.2, 0) is 0 Å². The summed E-state index contributed by atoms with van der Waals surface area (Å²) in [5, 5.41) is 8.19. The Hall–Kier alpha value is -2.37. The molecule has 0 saturated carbocycles. The van der Waals surface area contributed by atoms with Crippen LogP contribution in [0.5, 0.6) is 0 Å². The van der Waals surface area contributed by atoms with E-state index in [4.69, 9.17) is 28.2 Å². The minimum Gasteiger partial charge on any atom is -0.423 e. The van der Waals surface area contributed by atoms with E-state index in [-0.39, 0.29) is 5.63 Å². The number of hydrogen-bond donors (Lipinski definition) is 2. The Balaban J connectivity index is 1.83. The summed E-state index contributed by atoms with van der Waals surface area (Å²) in [5.41, 5.74) is 3.52. The second kappa shape index (κ2) is 6.63. The van der Waals surface area contributed by atoms with Gasteiger partial charge in [0, 0.05) is 33.9 Å². The van der Waals surface area contributed by atoms with Crippen molar-refractivity contribution in [2.24, 2.45) is 0 Å². The van der Waals surface area contributed by atoms with E-state index >= 15 is 0 Å². The highest BCUT2D eigenvalue weighted by atomic mass is 35.5. The van der Waals surface area contributed by atoms with Crippen molar-refractivity contribution in [2.75, 3.05) is 10.6 Å². The van der Waals surface area contributed by atoms with Crippen LogP contribution in [0, 0.1) is 13.8 Å². The predicted molar refractivity (Wildman–Crippen MR) is 103 cm³/mol. The number of thiocarbonyl (C=S) groups is 1. The summed E-state index contributed by atoms with van der Waals surface area (Å²) < 4.78 is 5.24. The lowest BCUT2D eigenvalue weighted by Gasteiger charge is -2.13. The molecule has 0 fully saturated rings. The van der Waals surface area contributed by atoms with E-state index in [0.717, 1.165) is 27.9 Å². The van der Waals surface area contributed by atoms with Crippen LogP contribution in [0.1, 0.15) is 11.1 Å². The molecule has 4 nitrogen and oxygen atoms in total. The monoisotopic (exact) mass is 358 g/mol. The minimum absolute atomic E-state index is 0.368. The van der Waals surface area contributed by atoms with E-state index in [0.29, 0.717) is 15.7 Å². The van der Waals surface area contributed by atoms with Gasteiger partial charge in [0.2, 0.25) is 0 Å². The maximum absolute atomic E-state index is 11.5. The highest BCUT2D eigenvalue weighted by Crippen LogP contribution is 2.24. The Morgan fingerprint density at radius 2 is 1.92 bits per heavy atom. The standard InChI is InChI=1S/C18H15ClN2O2S/c1-10-8-17(22)23-16-9-12(6-7-13(10)16)20-18(24)21-15-5-3-4-14(19)11(15)2/h3-9H,1-2H3,(H2,20,21,24). The Morgan fingerprint density at radius 1 is 1.12 bits per heavy atom. The normalized spacial score (nSPS) is 10.6. The summed E-state index contributed by atoms with van der Waals surface area (Å²) in [6.45, 7) is 3.79. The maximum Gasteiger partial charge on any atom is 0.336 e. The average molecular weight is 359 g/mol. The van der Waals surface area contributed by atoms with Gasteiger partial charge in [0.05, 0.1) is 0 Å². The zero-order chi connectivity index (χ0) is 17.3. The van der Waals surface area contributed by atoms with Crippen LogP contribution in [0.15, 0.2) is 51.7 Å². The molecular formula is C18H15ClN2O2S. The number of aryl methyl sites for hydroxylation is 1. The van der Waals surface area contributed by atoms with Gasteiger partial charge in [-0.05, 0) is 61.5 Å². The summed E-state index contributed by atoms with van der Waals surface area (Å²) in [7, 11) is 0. The summed E-state index contributed by atoms with van der Waals surface area (Å²) in [4.78, 5) is 11.5. The number of halogens is 1. The number of benzene rings is 2. The van der Waals surface area contributed by atoms with Gasteiger partial charge < -0.3 is 15.1 Å². The van der Waals surface area contributed by atoms with Crippen molar-refractivity contribution in [1.29, 1.82) is 0 Å². The molecule has 0 aliphatic rings. The quantitative estimate of drug-likeness (QED) is 0.505. The molecule has 2 aromatic carbocycles. The molecule has 0 aliphatic carbocycles. The van der Waals surface area contributed by atoms with Crippen molar-refractivity contribution in [3.8, 4) is 0 Å². The Labute approximate surface area is 149 Å². The van der Waals surface area contributed by atoms with E-state index in [1.807, 2.05) is 44.2 Å². The van der Waals surface area contributed by atoms with E-state index in [1.54, 1.807) is 6.07 Å². The van der Waals surface area contributed by atoms with Crippen LogP contribution in [0.4, 0.5) is 11.4 Å². The first-order valence-corrected chi connectivity index (χ1v) is 8.10. The van der Waals surface area contributed by atoms with Crippen LogP contribution in [0.3, 0.4) is 0 Å². The number of fused-ring (bicyclic) bond motifs is 1. The Morgan fingerprint density at radius 3 is 2.71 bits per heavy atom. The van der Waals surface area contributed by atoms with Crippen molar-refractivity contribution < 1.29 is 4.42 Å². The van der Waals surface area contributed by atoms with E-state index in [1.165, 1.54) is 6.07 Å². The van der Waals surface area contributed by atoms with Gasteiger partial charge in [-0.3, -0.25) is 0 Å². The van der Waals surface area contributed by atoms with Gasteiger partial charge in [-0.25, -0.2) is 4.79 Å². The van der Waals surface area contributed by atoms with Gasteiger partial charge in [0.1, 0.15) is 5.58 Å². The molecule has 0 bridgehead atoms. The number of hydrogen-bond acceptors (Lipinski definition) is 3. The van der Waals surface area contributed by atoms with E-state index < -0.39 is 0 Å². The van der Waals surface area contributed by atoms with Gasteiger partial charge in [0.25, 0.3) is 0 Å². The van der Waals surface area contributed by atoms with Crippen LogP contribution in [-0.4, -0.2) is 5.11 Å². The minimum atomic E-state index is -0.368. The lowest BCUT2D eigenvalue weighted by molar-refractivity contribution is 0.560. The van der Waals surface area contributed by atoms with Gasteiger partial charge in [-0.2, -0.15) is 0 Å². The van der Waals surface area contributed by atoms with Gasteiger partial charge in [0.15, 0.2) is 5.11 Å². The fraction of sp³-hybridized carbons (Fsp3) is 0.111. The topological polar surface area (TPSA) is 54.3 Å². The molecule has 0 unspecified atom stereocenters. The molecule has 24 heavy (non-hydrogen) atoms. The van der Waals surface area contributed by atoms with E-state index in [2.05, 4.69) is 10.6 Å². The molecule has 0 atom stereocenters. The van der Waals surface area contributed by atoms with Crippen molar-refractivity contribution in [1.82, 2.24) is 0 Å². The largest absolute Gasteiger partial charge is 0.423 e. The fourth-order valence-corrected chi connectivity index (χ4v) is 2.83. The molecule has 0 amide bonds. The van der Waals surface area contributed by atoms with Crippen molar-refractivity contribution in [2.45, 2.75) is 13.8 Å². The molecular weight excluding hydrogens is 344 g/mol. The van der Waals surface area contributed by atoms with E-state index in [9.17, 15) is 4.79 Å². The SMILES string of the molecule is Cc1c(Cl)cccc1NC(=S)Nc1ccc2c(C)cc(=O)oc2c1. The first-order valence-electron chi connectivity index (χ1n) is 7.31. The molecule has 2 N–H and O–H groups in total. The fourth-order valence-electron chi connectivity index (χ4n) is 2.43. The average Bonchev–Trinajstić information content (AvgIpc) is 2.51. The molecule has 0 saturated heterocycles. The Kier molecular flexibility index (Phi) is 4.55. The second-order valence-electron chi connectivity index (χ2n) is 5.45. The third-order valence-corrected chi connectivity index (χ3v) is 4.34. The number of rotatable bonds is 2. The Bertz CT molecular complexity index is 998. The smallest absolute Gasteiger partial charge is 0.336 e. The van der Waals surface area contributed by atoms with Gasteiger partial charge >= 0.3 is 5.63 Å². The molecule has 0 radical (unpaired) electrons. The number of nitrogens with one attached hydrogen (secondary N) is 2. The molecule has 1 heterocycles. The van der Waals surface area contributed by atoms with Crippen LogP contribution >= 0.6 is 23.8 Å². The zero-order valence-electron chi connectivity index (χ0n) is 13.1. The first-order chi connectivity index (χ1) is 11.4. The summed E-state index contributed by atoms with van der Waals surface area (Å²) in [6.07, 6.45) is 0. The van der Waals surface area contributed by atoms with Gasteiger partial charge in [-0.1, -0.05) is 17.7 Å². The molecule has 3 rings (SSSR count). The van der Waals surface area contributed by atoms with Crippen LogP contribution < -0.4 is 16.3 Å². The predicted octanol–water partition coefficient (Wildman–Crippen LogP) is 4.87. The summed E-state index contributed by atoms with van der Waals surface area (Å²) >= 11 is 11.4. The van der Waals surface area contributed by atoms with Crippen molar-refractivity contribution in [3.63, 3.8) is 0 Å². The molecule has 0 spiro atoms. The zero-order valence-corrected chi connectivity index (χ0v) is 14.7. The summed E-state index contributed by atoms with van der Waals surface area (Å²) in [6, 6.07) is 12.6. The number of anilines is 2. The van der Waals surface area contributed by atoms with Crippen LogP contribution in [0.2, 0.25) is 5.02 Å². The van der Waals surface area contributed by atoms with Crippen molar-refractivity contribution in [3.05, 3.63) is 69.0 Å². The maximum atomic E-state index is 11.5. The molecule has 122 valence electrons. The third kappa shape index (κ3) is 3.42. The second-order valence-corrected chi connectivity index (χ2v) is 6.27. The molecule has 1 aromatic heterocycles. The van der Waals surface area contributed by atoms with Gasteiger partial charge in [-0.15, -0.1) is 0 Å². The highest BCUT2D eigenvalue weighted by molar-refractivity contribution is 7.80. The van der Waals surface area contributed by atoms with Crippen LogP contribution in [0.25, 0.3) is 11.0 Å². The van der Waals surface area contributed by atoms with Crippen molar-refractivity contribution >= 4 is 51.3 Å². The lowest BCUT2D eigenvalue weighted by Crippen LogP contribution is -2.19. The highest BCUT2D eigenvalue weighted by Gasteiger charge is 2.07. The third-order valence-electron chi connectivity index (χ3n) is 3.73. The molecule has 3 aromatic rings. The summed E-state index contributed by atoms with van der Waals surface area (Å²) in [5.74, 6) is 0. The lowest BCUT2D eigenvalue weighted by atomic mass is 10.1. The molecule has 6 heteroatoms. The first kappa shape index (κ1) is 16.5. The molecule has 0 aliphatic heterocycles.